The van der Waals surface area contributed by atoms with E-state index in [0.717, 1.165) is 57.8 Å². The number of hydrogen-bond donors (Lipinski definition) is 1. The Balaban J connectivity index is 0. The molecule has 0 saturated carbocycles. The number of aliphatic hydroxyl groups excluding tert-OH is 1. The summed E-state index contributed by atoms with van der Waals surface area (Å²) in [6.07, 6.45) is 14.5. The summed E-state index contributed by atoms with van der Waals surface area (Å²) in [7, 11) is -4.13. The topological polar surface area (TPSA) is 77.4 Å². The van der Waals surface area contributed by atoms with Crippen LogP contribution in [0.25, 0.3) is 0 Å². The molecule has 2 atom stereocenters. The molecule has 0 amide bonds. The van der Waals surface area contributed by atoms with Gasteiger partial charge < -0.3 is 9.66 Å². The fourth-order valence-electron chi connectivity index (χ4n) is 3.07. The Hall–Kier alpha value is 1.51. The molecular weight excluding hydrogens is 363 g/mol. The van der Waals surface area contributed by atoms with Crippen LogP contribution in [0.15, 0.2) is 0 Å². The second-order valence-corrected chi connectivity index (χ2v) is 8.73. The molecule has 146 valence electrons. The first-order chi connectivity index (χ1) is 11.4. The Morgan fingerprint density at radius 3 is 1.56 bits per heavy atom. The van der Waals surface area contributed by atoms with Gasteiger partial charge in [-0.3, -0.25) is 0 Å². The third-order valence-electron chi connectivity index (χ3n) is 4.82. The first-order valence-electron chi connectivity index (χ1n) is 10.0. The summed E-state index contributed by atoms with van der Waals surface area (Å²) in [5.41, 5.74) is 0. The standard InChI is InChI=1S/C19H40O4S.K/c1-3-5-12-16-19(24(21,22)23)17-14-11-9-7-6-8-10-13-15-18(20)4-2;/h18-20H,3-17H2,1-2H3,(H,21,22,23);/q;+1/p-1. The summed E-state index contributed by atoms with van der Waals surface area (Å²) in [6, 6.07) is 0. The second-order valence-electron chi connectivity index (χ2n) is 7.08. The van der Waals surface area contributed by atoms with Crippen LogP contribution in [0.3, 0.4) is 0 Å². The Morgan fingerprint density at radius 1 is 0.760 bits per heavy atom. The average molecular weight is 403 g/mol. The molecule has 2 unspecified atom stereocenters. The average Bonchev–Trinajstić information content (AvgIpc) is 2.53. The Morgan fingerprint density at radius 2 is 1.16 bits per heavy atom. The van der Waals surface area contributed by atoms with E-state index < -0.39 is 15.4 Å². The van der Waals surface area contributed by atoms with Crippen molar-refractivity contribution in [3.63, 3.8) is 0 Å². The molecule has 0 spiro atoms. The van der Waals surface area contributed by atoms with Crippen LogP contribution < -0.4 is 51.4 Å². The molecule has 0 bridgehead atoms. The van der Waals surface area contributed by atoms with Crippen LogP contribution in [0.5, 0.6) is 0 Å². The molecule has 6 heteroatoms. The van der Waals surface area contributed by atoms with E-state index >= 15 is 0 Å². The third-order valence-corrected chi connectivity index (χ3v) is 6.11. The second kappa shape index (κ2) is 18.9. The summed E-state index contributed by atoms with van der Waals surface area (Å²) < 4.78 is 33.9. The van der Waals surface area contributed by atoms with E-state index in [1.165, 1.54) is 25.7 Å². The molecule has 0 heterocycles. The predicted molar refractivity (Wildman–Crippen MR) is 100 cm³/mol. The fraction of sp³-hybridized carbons (Fsp3) is 1.00. The van der Waals surface area contributed by atoms with Gasteiger partial charge in [0.15, 0.2) is 0 Å². The Kier molecular flexibility index (Phi) is 21.7. The molecule has 0 aromatic carbocycles. The van der Waals surface area contributed by atoms with E-state index in [4.69, 9.17) is 0 Å². The zero-order chi connectivity index (χ0) is 18.3. The van der Waals surface area contributed by atoms with E-state index in [9.17, 15) is 18.1 Å². The maximum Gasteiger partial charge on any atom is 1.00 e. The number of hydrogen-bond acceptors (Lipinski definition) is 4. The molecule has 0 saturated heterocycles. The van der Waals surface area contributed by atoms with Crippen LogP contribution in [0.1, 0.15) is 110 Å². The SMILES string of the molecule is CCCCCC(CCCCCCCCCCC(O)CC)S(=O)(=O)[O-].[K+]. The molecule has 0 aromatic rings. The van der Waals surface area contributed by atoms with Gasteiger partial charge in [0, 0.05) is 5.25 Å². The summed E-state index contributed by atoms with van der Waals surface area (Å²) in [6.45, 7) is 4.09. The normalized spacial score (nSPS) is 14.1. The minimum atomic E-state index is -4.13. The van der Waals surface area contributed by atoms with Crippen molar-refractivity contribution in [3.8, 4) is 0 Å². The summed E-state index contributed by atoms with van der Waals surface area (Å²) in [5.74, 6) is 0. The van der Waals surface area contributed by atoms with Gasteiger partial charge in [-0.15, -0.1) is 0 Å². The molecule has 0 radical (unpaired) electrons. The van der Waals surface area contributed by atoms with Crippen LogP contribution in [0.4, 0.5) is 0 Å². The van der Waals surface area contributed by atoms with Crippen molar-refractivity contribution >= 4 is 10.1 Å². The van der Waals surface area contributed by atoms with E-state index in [1.54, 1.807) is 0 Å². The van der Waals surface area contributed by atoms with Crippen LogP contribution in [-0.4, -0.2) is 29.4 Å². The molecule has 0 aliphatic heterocycles. The molecule has 4 nitrogen and oxygen atoms in total. The number of rotatable bonds is 17. The largest absolute Gasteiger partial charge is 1.00 e. The van der Waals surface area contributed by atoms with Gasteiger partial charge in [0.2, 0.25) is 0 Å². The Bertz CT molecular complexity index is 374. The van der Waals surface area contributed by atoms with Gasteiger partial charge >= 0.3 is 51.4 Å². The van der Waals surface area contributed by atoms with Gasteiger partial charge in [-0.05, 0) is 25.7 Å². The van der Waals surface area contributed by atoms with E-state index in [-0.39, 0.29) is 57.5 Å². The molecule has 25 heavy (non-hydrogen) atoms. The van der Waals surface area contributed by atoms with Gasteiger partial charge in [-0.25, -0.2) is 8.42 Å². The smallest absolute Gasteiger partial charge is 0.748 e. The van der Waals surface area contributed by atoms with Crippen molar-refractivity contribution in [2.75, 3.05) is 0 Å². The molecule has 0 rings (SSSR count). The first kappa shape index (κ1) is 28.7. The molecule has 0 aliphatic rings. The van der Waals surface area contributed by atoms with E-state index in [0.29, 0.717) is 12.8 Å². The minimum Gasteiger partial charge on any atom is -0.748 e. The van der Waals surface area contributed by atoms with Crippen molar-refractivity contribution in [2.24, 2.45) is 0 Å². The van der Waals surface area contributed by atoms with Crippen molar-refractivity contribution in [2.45, 2.75) is 122 Å². The van der Waals surface area contributed by atoms with Crippen molar-refractivity contribution in [3.05, 3.63) is 0 Å². The zero-order valence-electron chi connectivity index (χ0n) is 16.8. The minimum absolute atomic E-state index is 0. The number of unbranched alkanes of at least 4 members (excludes halogenated alkanes) is 9. The number of aliphatic hydroxyl groups is 1. The Labute approximate surface area is 199 Å². The summed E-state index contributed by atoms with van der Waals surface area (Å²) >= 11 is 0. The monoisotopic (exact) mass is 402 g/mol. The van der Waals surface area contributed by atoms with Crippen LogP contribution in [0.2, 0.25) is 0 Å². The quantitative estimate of drug-likeness (QED) is 0.230. The predicted octanol–water partition coefficient (Wildman–Crippen LogP) is 2.16. The fourth-order valence-corrected chi connectivity index (χ4v) is 3.98. The van der Waals surface area contributed by atoms with Crippen molar-refractivity contribution < 1.29 is 69.5 Å². The summed E-state index contributed by atoms with van der Waals surface area (Å²) in [4.78, 5) is 0. The van der Waals surface area contributed by atoms with Crippen LogP contribution in [-0.2, 0) is 10.1 Å². The van der Waals surface area contributed by atoms with E-state index in [2.05, 4.69) is 6.92 Å². The van der Waals surface area contributed by atoms with Gasteiger partial charge in [-0.1, -0.05) is 84.5 Å². The van der Waals surface area contributed by atoms with Crippen molar-refractivity contribution in [1.82, 2.24) is 0 Å². The molecule has 0 fully saturated rings. The summed E-state index contributed by atoms with van der Waals surface area (Å²) in [5, 5.41) is 8.79. The zero-order valence-corrected chi connectivity index (χ0v) is 20.8. The first-order valence-corrected chi connectivity index (χ1v) is 11.5. The van der Waals surface area contributed by atoms with Gasteiger partial charge in [-0.2, -0.15) is 0 Å². The van der Waals surface area contributed by atoms with E-state index in [1.807, 2.05) is 6.92 Å². The van der Waals surface area contributed by atoms with Crippen molar-refractivity contribution in [1.29, 1.82) is 0 Å². The van der Waals surface area contributed by atoms with Crippen LogP contribution >= 0.6 is 0 Å². The molecular formula is C19H39KO4S. The van der Waals surface area contributed by atoms with Gasteiger partial charge in [0.25, 0.3) is 0 Å². The molecule has 0 aromatic heterocycles. The van der Waals surface area contributed by atoms with Gasteiger partial charge in [0.1, 0.15) is 0 Å². The molecule has 1 N–H and O–H groups in total. The molecule has 0 aliphatic carbocycles. The third kappa shape index (κ3) is 18.6. The van der Waals surface area contributed by atoms with Gasteiger partial charge in [0.05, 0.1) is 16.2 Å². The maximum atomic E-state index is 11.3. The van der Waals surface area contributed by atoms with Crippen LogP contribution in [0, 0.1) is 0 Å². The maximum absolute atomic E-state index is 11.3.